The molecule has 0 aliphatic heterocycles. The van der Waals surface area contributed by atoms with Crippen LogP contribution in [0.25, 0.3) is 0 Å². The standard InChI is InChI=1S/12C7H8S.7Fe.8H2S.2W/c12*8-6-7-4-2-1-3-5-7;;;;;;;;;;;;;;;;;/h12*1-5,8H,6H2;;;;;;;;8*1H2;;/p-20. The minimum absolute atomic E-state index is 0. The Bertz CT molecular complexity index is 2670. The molecule has 0 spiro atoms. The summed E-state index contributed by atoms with van der Waals surface area (Å²) in [5.74, 6) is 8.68. The number of hydrogen-bond acceptors (Lipinski definition) is 20. The van der Waals surface area contributed by atoms with Crippen molar-refractivity contribution >= 4 is 260 Å². The average molecular weight is 2500 g/mol. The van der Waals surface area contributed by atoms with Crippen LogP contribution >= 0.6 is 0 Å². The van der Waals surface area contributed by atoms with Crippen molar-refractivity contribution in [3.63, 3.8) is 0 Å². The van der Waals surface area contributed by atoms with Gasteiger partial charge in [0.05, 0.1) is 0 Å². The predicted octanol–water partition coefficient (Wildman–Crippen LogP) is 18.6. The molecule has 0 atom stereocenters. The Kier molecular flexibility index (Phi) is 167. The molecule has 0 saturated carbocycles. The van der Waals surface area contributed by atoms with Crippen molar-refractivity contribution in [3.05, 3.63) is 431 Å². The molecule has 12 aromatic carbocycles. The first-order chi connectivity index (χ1) is 47.2. The first-order valence-corrected chi connectivity index (χ1v) is 37.6. The molecular weight excluding hydrogens is 2410 g/mol. The molecule has 0 bridgehead atoms. The van der Waals surface area contributed by atoms with E-state index >= 15 is 0 Å². The largest absolute Gasteiger partial charge is 0.813 e. The summed E-state index contributed by atoms with van der Waals surface area (Å²) >= 11 is 57.8. The van der Waals surface area contributed by atoms with Crippen molar-refractivity contribution in [2.24, 2.45) is 0 Å². The Hall–Kier alpha value is 2.65. The van der Waals surface area contributed by atoms with Crippen LogP contribution in [0.4, 0.5) is 0 Å². The topological polar surface area (TPSA) is 0 Å². The monoisotopic (exact) mass is 2500 g/mol. The molecule has 0 nitrogen and oxygen atoms in total. The molecule has 0 aliphatic rings. The van der Waals surface area contributed by atoms with Gasteiger partial charge in [-0.3, -0.25) is 0 Å². The summed E-state index contributed by atoms with van der Waals surface area (Å²) in [6, 6.07) is 121. The third-order valence-electron chi connectivity index (χ3n) is 12.1. The van der Waals surface area contributed by atoms with Gasteiger partial charge in [-0.05, 0) is 0 Å². The fourth-order valence-electron chi connectivity index (χ4n) is 6.89. The van der Waals surface area contributed by atoms with E-state index in [2.05, 4.69) is 0 Å². The Labute approximate surface area is 907 Å². The molecule has 0 unspecified atom stereocenters. The molecule has 0 aliphatic carbocycles. The number of thiol groups is 8. The van der Waals surface area contributed by atoms with Crippen LogP contribution in [0.2, 0.25) is 0 Å². The van der Waals surface area contributed by atoms with Crippen molar-refractivity contribution in [1.82, 2.24) is 0 Å². The summed E-state index contributed by atoms with van der Waals surface area (Å²) in [4.78, 5) is 0. The Morgan fingerprint density at radius 3 is 0.177 bits per heavy atom. The van der Waals surface area contributed by atoms with Crippen molar-refractivity contribution in [2.75, 3.05) is 0 Å². The van der Waals surface area contributed by atoms with Gasteiger partial charge in [0.15, 0.2) is 0 Å². The zero-order valence-corrected chi connectivity index (χ0v) is 91.4. The second kappa shape index (κ2) is 121. The van der Waals surface area contributed by atoms with Gasteiger partial charge in [-0.1, -0.05) is 431 Å². The maximum absolute atomic E-state index is 4.82. The molecule has 12 rings (SSSR count). The first kappa shape index (κ1) is 156. The molecule has 636 valence electrons. The van der Waals surface area contributed by atoms with E-state index in [1.54, 1.807) is 0 Å². The van der Waals surface area contributed by atoms with Gasteiger partial charge in [-0.2, -0.15) is 69.0 Å². The molecule has 0 saturated heterocycles. The molecule has 12 aromatic rings. The summed E-state index contributed by atoms with van der Waals surface area (Å²) < 4.78 is 0. The van der Waals surface area contributed by atoms with Crippen LogP contribution in [0, 0.1) is 0 Å². The van der Waals surface area contributed by atoms with E-state index in [0.29, 0.717) is 0 Å². The zero-order valence-electron chi connectivity index (χ0n) is 60.9. The molecule has 0 radical (unpaired) electrons. The van der Waals surface area contributed by atoms with E-state index in [1.807, 2.05) is 364 Å². The quantitative estimate of drug-likeness (QED) is 0.0647. The van der Waals surface area contributed by atoms with E-state index in [9.17, 15) is 0 Å². The molecule has 0 heterocycles. The SMILES string of the molecule is [Fe].[Fe].[Fe].[Fe].[Fe].[Fe].[Fe].[S-]Cc1ccccc1.[S-]Cc1ccccc1.[S-]Cc1ccccc1.[S-]Cc1ccccc1.[S-]Cc1ccccc1.[S-]Cc1ccccc1.[S-]Cc1ccccc1.[S-]Cc1ccccc1.[S-]Cc1ccccc1.[S-]Cc1ccccc1.[S-]Cc1ccccc1.[S-]Cc1ccccc1.[SH-].[SH-].[SH-].[SH-].[SH-].[SH-].[SH-].[SH-].[W].[W]. The number of hydrogen-bond donors (Lipinski definition) is 0. The number of rotatable bonds is 12. The van der Waals surface area contributed by atoms with Gasteiger partial charge >= 0.3 is 0 Å². The smallest absolute Gasteiger partial charge is 0 e. The fourth-order valence-corrected chi connectivity index (χ4v) is 9.20. The van der Waals surface area contributed by atoms with Gasteiger partial charge in [0.2, 0.25) is 0 Å². The van der Waals surface area contributed by atoms with Crippen LogP contribution in [-0.2, 0) is 490 Å². The van der Waals surface area contributed by atoms with Crippen LogP contribution in [0.3, 0.4) is 0 Å². The molecule has 0 amide bonds. The number of benzene rings is 12. The van der Waals surface area contributed by atoms with Crippen LogP contribution < -0.4 is 0 Å². The minimum Gasteiger partial charge on any atom is -0.813 e. The van der Waals surface area contributed by atoms with E-state index < -0.39 is 0 Å². The normalized spacial score (nSPS) is 7.75. The van der Waals surface area contributed by atoms with Crippen molar-refractivity contribution in [1.29, 1.82) is 0 Å². The van der Waals surface area contributed by atoms with E-state index in [-0.39, 0.29) is 270 Å². The van der Waals surface area contributed by atoms with Crippen LogP contribution in [0.5, 0.6) is 0 Å². The second-order valence-corrected chi connectivity index (χ2v) is 23.0. The van der Waals surface area contributed by atoms with E-state index in [0.717, 1.165) is 69.0 Å². The molecule has 113 heavy (non-hydrogen) atoms. The molecule has 0 N–H and O–H groups in total. The van der Waals surface area contributed by atoms with Crippen molar-refractivity contribution in [3.8, 4) is 0 Å². The minimum atomic E-state index is 0. The zero-order chi connectivity index (χ0) is 69.8. The summed E-state index contributed by atoms with van der Waals surface area (Å²) in [5.41, 5.74) is 14.7. The van der Waals surface area contributed by atoms with Gasteiger partial charge in [0, 0.05) is 162 Å². The molecule has 29 heteroatoms. The van der Waals surface area contributed by atoms with E-state index in [4.69, 9.17) is 152 Å². The van der Waals surface area contributed by atoms with Gasteiger partial charge in [-0.25, -0.2) is 0 Å². The summed E-state index contributed by atoms with van der Waals surface area (Å²) in [6.07, 6.45) is 0. The van der Waals surface area contributed by atoms with Gasteiger partial charge in [0.25, 0.3) is 0 Å². The first-order valence-electron chi connectivity index (χ1n) is 30.6. The van der Waals surface area contributed by atoms with E-state index in [1.165, 1.54) is 66.8 Å². The maximum Gasteiger partial charge on any atom is 0 e. The molecule has 0 fully saturated rings. The van der Waals surface area contributed by atoms with Gasteiger partial charge in [0.1, 0.15) is 0 Å². The predicted molar refractivity (Wildman–Crippen MR) is 520 cm³/mol. The molecule has 0 aromatic heterocycles. The molecular formula is C84H92Fe7S20W2-20. The average Bonchev–Trinajstić information content (AvgIpc) is 1.40. The van der Waals surface area contributed by atoms with Crippen LogP contribution in [0.1, 0.15) is 66.8 Å². The Morgan fingerprint density at radius 2 is 0.150 bits per heavy atom. The fraction of sp³-hybridized carbons (Fsp3) is 0.143. The second-order valence-electron chi connectivity index (χ2n) is 19.6. The summed E-state index contributed by atoms with van der Waals surface area (Å²) in [7, 11) is 0. The Morgan fingerprint density at radius 1 is 0.106 bits per heavy atom. The summed E-state index contributed by atoms with van der Waals surface area (Å²) in [6.45, 7) is 0. The van der Waals surface area contributed by atoms with Gasteiger partial charge in [-0.15, -0.1) is 0 Å². The third kappa shape index (κ3) is 96.7. The van der Waals surface area contributed by atoms with Gasteiger partial charge < -0.3 is 260 Å². The van der Waals surface area contributed by atoms with Crippen molar-refractivity contribution in [2.45, 2.75) is 69.0 Å². The van der Waals surface area contributed by atoms with Crippen LogP contribution in [-0.4, -0.2) is 0 Å². The van der Waals surface area contributed by atoms with Crippen LogP contribution in [0.15, 0.2) is 364 Å². The Balaban J connectivity index is -0.0000000585. The summed E-state index contributed by atoms with van der Waals surface area (Å²) in [5, 5.41) is 0. The third-order valence-corrected chi connectivity index (χ3v) is 16.1. The van der Waals surface area contributed by atoms with Crippen molar-refractivity contribution < 1.29 is 162 Å². The maximum atomic E-state index is 4.82.